The fraction of sp³-hybridized carbons (Fsp3) is 0.238. The zero-order valence-corrected chi connectivity index (χ0v) is 16.1. The Morgan fingerprint density at radius 1 is 1.14 bits per heavy atom. The smallest absolute Gasteiger partial charge is 0.225 e. The number of thioether (sulfide) groups is 1. The minimum Gasteiger partial charge on any atom is -0.486 e. The number of anilines is 1. The maximum atomic E-state index is 12.1. The molecule has 0 saturated carbocycles. The van der Waals surface area contributed by atoms with Crippen molar-refractivity contribution < 1.29 is 14.3 Å². The van der Waals surface area contributed by atoms with Gasteiger partial charge in [-0.3, -0.25) is 9.48 Å². The van der Waals surface area contributed by atoms with Gasteiger partial charge < -0.3 is 14.8 Å². The van der Waals surface area contributed by atoms with Gasteiger partial charge in [-0.15, -0.1) is 11.8 Å². The normalized spacial score (nSPS) is 15.2. The highest BCUT2D eigenvalue weighted by Gasteiger charge is 2.21. The monoisotopic (exact) mass is 395 g/mol. The van der Waals surface area contributed by atoms with Gasteiger partial charge in [0.2, 0.25) is 5.91 Å². The van der Waals surface area contributed by atoms with E-state index in [0.29, 0.717) is 25.3 Å². The van der Waals surface area contributed by atoms with Crippen LogP contribution < -0.4 is 14.8 Å². The van der Waals surface area contributed by atoms with Gasteiger partial charge in [0.15, 0.2) is 17.6 Å². The number of amides is 1. The number of benzene rings is 2. The molecular formula is C21H21N3O3S. The number of ether oxygens (including phenoxy) is 2. The van der Waals surface area contributed by atoms with Crippen molar-refractivity contribution in [3.05, 3.63) is 67.0 Å². The molecular weight excluding hydrogens is 374 g/mol. The zero-order valence-electron chi connectivity index (χ0n) is 15.3. The van der Waals surface area contributed by atoms with Crippen molar-refractivity contribution in [2.45, 2.75) is 24.0 Å². The lowest BCUT2D eigenvalue weighted by atomic mass is 10.2. The van der Waals surface area contributed by atoms with E-state index in [9.17, 15) is 4.79 Å². The minimum atomic E-state index is -0.124. The van der Waals surface area contributed by atoms with E-state index in [4.69, 9.17) is 9.47 Å². The summed E-state index contributed by atoms with van der Waals surface area (Å²) in [6, 6.07) is 17.7. The maximum absolute atomic E-state index is 12.1. The third-order valence-corrected chi connectivity index (χ3v) is 5.23. The van der Waals surface area contributed by atoms with Crippen molar-refractivity contribution in [2.24, 2.45) is 0 Å². The lowest BCUT2D eigenvalue weighted by molar-refractivity contribution is -0.115. The average molecular weight is 395 g/mol. The van der Waals surface area contributed by atoms with Crippen molar-refractivity contribution >= 4 is 23.4 Å². The fourth-order valence-electron chi connectivity index (χ4n) is 2.89. The minimum absolute atomic E-state index is 0.0193. The number of carbonyl (C=O) groups excluding carboxylic acids is 1. The Labute approximate surface area is 167 Å². The predicted molar refractivity (Wildman–Crippen MR) is 109 cm³/mol. The van der Waals surface area contributed by atoms with Crippen LogP contribution >= 0.6 is 11.8 Å². The fourth-order valence-corrected chi connectivity index (χ4v) is 3.76. The maximum Gasteiger partial charge on any atom is 0.225 e. The van der Waals surface area contributed by atoms with Crippen LogP contribution in [0.4, 0.5) is 5.69 Å². The van der Waals surface area contributed by atoms with Gasteiger partial charge in [0.25, 0.3) is 0 Å². The summed E-state index contributed by atoms with van der Waals surface area (Å²) in [6.07, 6.45) is 3.79. The van der Waals surface area contributed by atoms with E-state index >= 15 is 0 Å². The Kier molecular flexibility index (Phi) is 5.82. The first-order valence-electron chi connectivity index (χ1n) is 9.15. The number of nitrogens with one attached hydrogen (secondary N) is 1. The highest BCUT2D eigenvalue weighted by atomic mass is 32.2. The number of hydrogen-bond acceptors (Lipinski definition) is 5. The summed E-state index contributed by atoms with van der Waals surface area (Å²) in [7, 11) is 0. The zero-order chi connectivity index (χ0) is 19.2. The molecule has 6 nitrogen and oxygen atoms in total. The predicted octanol–water partition coefficient (Wildman–Crippen LogP) is 3.84. The summed E-state index contributed by atoms with van der Waals surface area (Å²) >= 11 is 1.67. The van der Waals surface area contributed by atoms with E-state index in [1.165, 1.54) is 4.90 Å². The van der Waals surface area contributed by atoms with Crippen molar-refractivity contribution in [3.63, 3.8) is 0 Å². The molecule has 4 rings (SSSR count). The average Bonchev–Trinajstić information content (AvgIpc) is 3.15. The molecule has 0 bridgehead atoms. The van der Waals surface area contributed by atoms with Crippen LogP contribution in [0.15, 0.2) is 71.9 Å². The largest absolute Gasteiger partial charge is 0.486 e. The van der Waals surface area contributed by atoms with Crippen LogP contribution in [0.2, 0.25) is 0 Å². The molecule has 1 aliphatic rings. The van der Waals surface area contributed by atoms with Crippen LogP contribution in [-0.2, 0) is 11.3 Å². The van der Waals surface area contributed by atoms with E-state index in [-0.39, 0.29) is 12.0 Å². The number of fused-ring (bicyclic) bond motifs is 1. The van der Waals surface area contributed by atoms with Crippen LogP contribution in [0, 0.1) is 0 Å². The first kappa shape index (κ1) is 18.4. The molecule has 3 aromatic rings. The molecule has 1 aliphatic heterocycles. The molecule has 7 heteroatoms. The first-order chi connectivity index (χ1) is 13.8. The summed E-state index contributed by atoms with van der Waals surface area (Å²) in [5.74, 6) is 2.22. The second kappa shape index (κ2) is 8.84. The van der Waals surface area contributed by atoms with Crippen molar-refractivity contribution in [1.82, 2.24) is 9.78 Å². The molecule has 1 aromatic heterocycles. The van der Waals surface area contributed by atoms with E-state index in [1.54, 1.807) is 22.6 Å². The number of nitrogens with zero attached hydrogens (tertiary/aromatic N) is 2. The van der Waals surface area contributed by atoms with E-state index in [1.807, 2.05) is 60.8 Å². The SMILES string of the molecule is O=C(CCSc1ccccc1)Nc1cnn(C[C@@H]2COc3ccccc3O2)c1. The Hall–Kier alpha value is -2.93. The van der Waals surface area contributed by atoms with Gasteiger partial charge in [-0.1, -0.05) is 30.3 Å². The van der Waals surface area contributed by atoms with Crippen LogP contribution in [0.3, 0.4) is 0 Å². The third kappa shape index (κ3) is 4.86. The van der Waals surface area contributed by atoms with Gasteiger partial charge in [0, 0.05) is 23.3 Å². The Morgan fingerprint density at radius 2 is 1.93 bits per heavy atom. The molecule has 28 heavy (non-hydrogen) atoms. The molecule has 2 aromatic carbocycles. The molecule has 1 N–H and O–H groups in total. The molecule has 0 spiro atoms. The Bertz CT molecular complexity index is 929. The summed E-state index contributed by atoms with van der Waals surface area (Å²) in [5.41, 5.74) is 0.687. The van der Waals surface area contributed by atoms with Crippen LogP contribution in [0.1, 0.15) is 6.42 Å². The number of aromatic nitrogens is 2. The van der Waals surface area contributed by atoms with E-state index in [0.717, 1.165) is 17.3 Å². The van der Waals surface area contributed by atoms with Gasteiger partial charge in [0.05, 0.1) is 18.4 Å². The number of carbonyl (C=O) groups is 1. The van der Waals surface area contributed by atoms with Crippen molar-refractivity contribution in [2.75, 3.05) is 17.7 Å². The molecule has 0 unspecified atom stereocenters. The molecule has 0 aliphatic carbocycles. The number of hydrogen-bond donors (Lipinski definition) is 1. The third-order valence-electron chi connectivity index (χ3n) is 4.22. The van der Waals surface area contributed by atoms with Crippen molar-refractivity contribution in [1.29, 1.82) is 0 Å². The van der Waals surface area contributed by atoms with Gasteiger partial charge in [0.1, 0.15) is 6.61 Å². The number of para-hydroxylation sites is 2. The molecule has 0 radical (unpaired) electrons. The lowest BCUT2D eigenvalue weighted by Gasteiger charge is -2.26. The Morgan fingerprint density at radius 3 is 2.79 bits per heavy atom. The molecule has 144 valence electrons. The molecule has 2 heterocycles. The Balaban J connectivity index is 1.23. The molecule has 1 atom stereocenters. The molecule has 0 fully saturated rings. The highest BCUT2D eigenvalue weighted by molar-refractivity contribution is 7.99. The summed E-state index contributed by atoms with van der Waals surface area (Å²) in [4.78, 5) is 13.3. The van der Waals surface area contributed by atoms with Crippen LogP contribution in [0.25, 0.3) is 0 Å². The standard InChI is InChI=1S/C21H21N3O3S/c25-21(10-11-28-18-6-2-1-3-7-18)23-16-12-22-24(13-16)14-17-15-26-19-8-4-5-9-20(19)27-17/h1-9,12-13,17H,10-11,14-15H2,(H,23,25)/t17-/m1/s1. The van der Waals surface area contributed by atoms with Gasteiger partial charge >= 0.3 is 0 Å². The topological polar surface area (TPSA) is 65.4 Å². The van der Waals surface area contributed by atoms with E-state index in [2.05, 4.69) is 10.4 Å². The van der Waals surface area contributed by atoms with Gasteiger partial charge in [-0.05, 0) is 24.3 Å². The first-order valence-corrected chi connectivity index (χ1v) is 10.1. The van der Waals surface area contributed by atoms with Crippen molar-refractivity contribution in [3.8, 4) is 11.5 Å². The lowest BCUT2D eigenvalue weighted by Crippen LogP contribution is -2.33. The van der Waals surface area contributed by atoms with Gasteiger partial charge in [-0.25, -0.2) is 0 Å². The highest BCUT2D eigenvalue weighted by Crippen LogP contribution is 2.31. The second-order valence-corrected chi connectivity index (χ2v) is 7.58. The molecule has 1 amide bonds. The van der Waals surface area contributed by atoms with Crippen LogP contribution in [-0.4, -0.2) is 34.2 Å². The van der Waals surface area contributed by atoms with Crippen LogP contribution in [0.5, 0.6) is 11.5 Å². The summed E-state index contributed by atoms with van der Waals surface area (Å²) in [6.45, 7) is 1.02. The molecule has 0 saturated heterocycles. The van der Waals surface area contributed by atoms with Gasteiger partial charge in [-0.2, -0.15) is 5.10 Å². The quantitative estimate of drug-likeness (QED) is 0.616. The summed E-state index contributed by atoms with van der Waals surface area (Å²) in [5, 5.41) is 7.20. The van der Waals surface area contributed by atoms with E-state index < -0.39 is 0 Å². The number of rotatable bonds is 7. The second-order valence-electron chi connectivity index (χ2n) is 6.41. The summed E-state index contributed by atoms with van der Waals surface area (Å²) < 4.78 is 13.4.